The molecular formula is C16H14N4O2. The molecule has 1 aromatic carbocycles. The lowest BCUT2D eigenvalue weighted by Crippen LogP contribution is -2.25. The molecule has 0 aliphatic heterocycles. The van der Waals surface area contributed by atoms with Crippen molar-refractivity contribution in [2.24, 2.45) is 5.73 Å². The summed E-state index contributed by atoms with van der Waals surface area (Å²) in [5.74, 6) is -0.765. The van der Waals surface area contributed by atoms with E-state index in [1.165, 1.54) is 6.20 Å². The molecule has 2 heterocycles. The van der Waals surface area contributed by atoms with Crippen LogP contribution in [0, 0.1) is 0 Å². The Hall–Kier alpha value is -3.15. The molecule has 0 bridgehead atoms. The third-order valence-electron chi connectivity index (χ3n) is 3.51. The molecule has 6 nitrogen and oxygen atoms in total. The lowest BCUT2D eigenvalue weighted by Gasteiger charge is -2.13. The molecule has 0 atom stereocenters. The first-order chi connectivity index (χ1) is 10.6. The maximum atomic E-state index is 12.4. The van der Waals surface area contributed by atoms with E-state index in [2.05, 4.69) is 4.98 Å². The Labute approximate surface area is 126 Å². The fraction of sp³-hybridized carbons (Fsp3) is 0.0625. The molecule has 0 unspecified atom stereocenters. The van der Waals surface area contributed by atoms with E-state index in [0.29, 0.717) is 23.1 Å². The maximum Gasteiger partial charge on any atom is 0.254 e. The second-order valence-electron chi connectivity index (χ2n) is 4.96. The van der Waals surface area contributed by atoms with Crippen LogP contribution in [-0.2, 0) is 6.54 Å². The summed E-state index contributed by atoms with van der Waals surface area (Å²) >= 11 is 0. The van der Waals surface area contributed by atoms with Crippen LogP contribution in [0.25, 0.3) is 10.9 Å². The summed E-state index contributed by atoms with van der Waals surface area (Å²) < 4.78 is 1.79. The summed E-state index contributed by atoms with van der Waals surface area (Å²) in [5.41, 5.74) is 12.7. The highest BCUT2D eigenvalue weighted by atomic mass is 16.2. The number of hydrogen-bond donors (Lipinski definition) is 2. The van der Waals surface area contributed by atoms with Crippen LogP contribution >= 0.6 is 0 Å². The molecule has 3 rings (SSSR count). The molecule has 4 N–H and O–H groups in total. The molecular weight excluding hydrogens is 280 g/mol. The Bertz CT molecular complexity index is 917. The van der Waals surface area contributed by atoms with Crippen molar-refractivity contribution < 1.29 is 4.79 Å². The third-order valence-corrected chi connectivity index (χ3v) is 3.51. The number of amides is 1. The van der Waals surface area contributed by atoms with Gasteiger partial charge in [0.1, 0.15) is 5.56 Å². The third kappa shape index (κ3) is 2.31. The molecule has 3 aromatic rings. The Balaban J connectivity index is 2.29. The van der Waals surface area contributed by atoms with Gasteiger partial charge in [0.25, 0.3) is 5.91 Å². The summed E-state index contributed by atoms with van der Waals surface area (Å²) in [6.07, 6.45) is 4.85. The van der Waals surface area contributed by atoms with Crippen molar-refractivity contribution in [3.63, 3.8) is 0 Å². The molecule has 110 valence electrons. The number of rotatable bonds is 3. The van der Waals surface area contributed by atoms with Gasteiger partial charge in [-0.2, -0.15) is 0 Å². The number of nitrogens with two attached hydrogens (primary N) is 2. The van der Waals surface area contributed by atoms with E-state index in [-0.39, 0.29) is 5.56 Å². The van der Waals surface area contributed by atoms with E-state index >= 15 is 0 Å². The minimum atomic E-state index is -0.765. The number of fused-ring (bicyclic) bond motifs is 1. The summed E-state index contributed by atoms with van der Waals surface area (Å²) in [5, 5.41) is 0.313. The van der Waals surface area contributed by atoms with E-state index in [1.807, 2.05) is 12.1 Å². The van der Waals surface area contributed by atoms with Gasteiger partial charge in [0, 0.05) is 30.8 Å². The largest absolute Gasteiger partial charge is 0.398 e. The van der Waals surface area contributed by atoms with E-state index in [4.69, 9.17) is 11.5 Å². The van der Waals surface area contributed by atoms with Crippen LogP contribution in [0.1, 0.15) is 15.9 Å². The van der Waals surface area contributed by atoms with Gasteiger partial charge in [0.05, 0.1) is 10.9 Å². The maximum absolute atomic E-state index is 12.4. The number of hydrogen-bond acceptors (Lipinski definition) is 4. The van der Waals surface area contributed by atoms with Crippen molar-refractivity contribution in [2.75, 3.05) is 5.73 Å². The monoisotopic (exact) mass is 294 g/mol. The Kier molecular flexibility index (Phi) is 3.34. The van der Waals surface area contributed by atoms with Gasteiger partial charge in [0.15, 0.2) is 0 Å². The first-order valence-electron chi connectivity index (χ1n) is 6.68. The zero-order valence-corrected chi connectivity index (χ0v) is 11.7. The predicted molar refractivity (Wildman–Crippen MR) is 84.5 cm³/mol. The molecule has 0 aliphatic carbocycles. The van der Waals surface area contributed by atoms with Gasteiger partial charge in [-0.1, -0.05) is 6.07 Å². The van der Waals surface area contributed by atoms with Crippen molar-refractivity contribution in [3.05, 3.63) is 70.3 Å². The number of carbonyl (C=O) groups excluding carboxylic acids is 1. The highest BCUT2D eigenvalue weighted by Crippen LogP contribution is 2.19. The lowest BCUT2D eigenvalue weighted by atomic mass is 10.1. The van der Waals surface area contributed by atoms with Crippen molar-refractivity contribution >= 4 is 22.5 Å². The number of aromatic nitrogens is 2. The topological polar surface area (TPSA) is 104 Å². The Morgan fingerprint density at radius 2 is 1.91 bits per heavy atom. The highest BCUT2D eigenvalue weighted by Gasteiger charge is 2.15. The summed E-state index contributed by atoms with van der Waals surface area (Å²) in [6.45, 7) is 0.475. The summed E-state index contributed by atoms with van der Waals surface area (Å²) in [4.78, 5) is 27.9. The number of nitrogen functional groups attached to an aromatic ring is 1. The second-order valence-corrected chi connectivity index (χ2v) is 4.96. The van der Waals surface area contributed by atoms with Crippen LogP contribution in [0.4, 0.5) is 5.69 Å². The number of nitrogens with zero attached hydrogens (tertiary/aromatic N) is 2. The smallest absolute Gasteiger partial charge is 0.254 e. The molecule has 6 heteroatoms. The average molecular weight is 294 g/mol. The van der Waals surface area contributed by atoms with E-state index in [1.54, 1.807) is 35.2 Å². The Morgan fingerprint density at radius 1 is 1.18 bits per heavy atom. The van der Waals surface area contributed by atoms with Gasteiger partial charge < -0.3 is 16.0 Å². The molecule has 0 aliphatic rings. The minimum absolute atomic E-state index is 0.0699. The van der Waals surface area contributed by atoms with Gasteiger partial charge >= 0.3 is 0 Å². The quantitative estimate of drug-likeness (QED) is 0.706. The zero-order chi connectivity index (χ0) is 15.7. The molecule has 22 heavy (non-hydrogen) atoms. The number of primary amides is 1. The van der Waals surface area contributed by atoms with E-state index in [0.717, 1.165) is 5.56 Å². The number of carbonyl (C=O) groups is 1. The van der Waals surface area contributed by atoms with Gasteiger partial charge in [0.2, 0.25) is 5.43 Å². The van der Waals surface area contributed by atoms with Crippen LogP contribution in [0.3, 0.4) is 0 Å². The van der Waals surface area contributed by atoms with Crippen molar-refractivity contribution in [1.82, 2.24) is 9.55 Å². The fourth-order valence-corrected chi connectivity index (χ4v) is 2.45. The van der Waals surface area contributed by atoms with Gasteiger partial charge in [-0.25, -0.2) is 0 Å². The molecule has 0 radical (unpaired) electrons. The van der Waals surface area contributed by atoms with E-state index in [9.17, 15) is 9.59 Å². The fourth-order valence-electron chi connectivity index (χ4n) is 2.45. The van der Waals surface area contributed by atoms with Crippen molar-refractivity contribution in [1.29, 1.82) is 0 Å². The molecule has 0 saturated heterocycles. The normalized spacial score (nSPS) is 10.7. The minimum Gasteiger partial charge on any atom is -0.398 e. The molecule has 2 aromatic heterocycles. The molecule has 0 fully saturated rings. The van der Waals surface area contributed by atoms with Crippen LogP contribution in [-0.4, -0.2) is 15.5 Å². The van der Waals surface area contributed by atoms with Crippen LogP contribution in [0.15, 0.2) is 53.7 Å². The van der Waals surface area contributed by atoms with Crippen molar-refractivity contribution in [2.45, 2.75) is 6.54 Å². The van der Waals surface area contributed by atoms with Gasteiger partial charge in [-0.15, -0.1) is 0 Å². The van der Waals surface area contributed by atoms with Crippen LogP contribution in [0.2, 0.25) is 0 Å². The predicted octanol–water partition coefficient (Wildman–Crippen LogP) is 1.13. The van der Waals surface area contributed by atoms with Crippen molar-refractivity contribution in [3.8, 4) is 0 Å². The lowest BCUT2D eigenvalue weighted by molar-refractivity contribution is 0.0999. The number of benzene rings is 1. The first kappa shape index (κ1) is 13.8. The standard InChI is InChI=1S/C16H14N4O2/c17-12-2-1-3-13-14(12)15(21)11(16(18)22)9-20(13)8-10-4-6-19-7-5-10/h1-7,9H,8,17H2,(H2,18,22). The van der Waals surface area contributed by atoms with Gasteiger partial charge in [-0.05, 0) is 29.8 Å². The summed E-state index contributed by atoms with van der Waals surface area (Å²) in [7, 11) is 0. The van der Waals surface area contributed by atoms with Crippen LogP contribution in [0.5, 0.6) is 0 Å². The van der Waals surface area contributed by atoms with Crippen LogP contribution < -0.4 is 16.9 Å². The number of anilines is 1. The van der Waals surface area contributed by atoms with E-state index < -0.39 is 11.3 Å². The Morgan fingerprint density at radius 3 is 2.59 bits per heavy atom. The second kappa shape index (κ2) is 5.33. The average Bonchev–Trinajstić information content (AvgIpc) is 2.50. The highest BCUT2D eigenvalue weighted by molar-refractivity contribution is 5.99. The zero-order valence-electron chi connectivity index (χ0n) is 11.7. The summed E-state index contributed by atoms with van der Waals surface area (Å²) in [6, 6.07) is 8.91. The first-order valence-corrected chi connectivity index (χ1v) is 6.68. The number of pyridine rings is 2. The molecule has 0 spiro atoms. The SMILES string of the molecule is NC(=O)c1cn(Cc2ccncc2)c2cccc(N)c2c1=O. The molecule has 0 saturated carbocycles. The van der Waals surface area contributed by atoms with Gasteiger partial charge in [-0.3, -0.25) is 14.6 Å². The molecule has 1 amide bonds.